The van der Waals surface area contributed by atoms with Crippen LogP contribution in [0.4, 0.5) is 0 Å². The van der Waals surface area contributed by atoms with Crippen LogP contribution in [0.3, 0.4) is 0 Å². The summed E-state index contributed by atoms with van der Waals surface area (Å²) in [5, 5.41) is 0. The maximum Gasteiger partial charge on any atom is 0.469 e. The molecule has 56 valence electrons. The molecule has 0 spiro atoms. The van der Waals surface area contributed by atoms with Crippen LogP contribution in [-0.4, -0.2) is 21.2 Å². The van der Waals surface area contributed by atoms with E-state index in [-0.39, 0.29) is 11.4 Å². The van der Waals surface area contributed by atoms with Crippen LogP contribution in [0.1, 0.15) is 6.92 Å². The van der Waals surface area contributed by atoms with Gasteiger partial charge in [0.2, 0.25) is 0 Å². The molecule has 0 heterocycles. The second kappa shape index (κ2) is 3.68. The molecule has 0 saturated heterocycles. The van der Waals surface area contributed by atoms with Gasteiger partial charge in [0.1, 0.15) is 0 Å². The highest BCUT2D eigenvalue weighted by Crippen LogP contribution is 2.35. The summed E-state index contributed by atoms with van der Waals surface area (Å²) in [7, 11) is -4.25. The molecule has 0 aromatic rings. The Morgan fingerprint density at radius 1 is 1.78 bits per heavy atom. The molecule has 0 saturated carbocycles. The Morgan fingerprint density at radius 3 is 2.33 bits per heavy atom. The van der Waals surface area contributed by atoms with Crippen molar-refractivity contribution in [3.8, 4) is 0 Å². The van der Waals surface area contributed by atoms with Crippen LogP contribution >= 0.6 is 23.8 Å². The van der Waals surface area contributed by atoms with Crippen molar-refractivity contribution in [1.82, 2.24) is 0 Å². The number of phosphoric ester groups is 1. The quantitative estimate of drug-likeness (QED) is 0.546. The predicted octanol–water partition coefficient (Wildman–Crippen LogP) is 0.879. The third kappa shape index (κ3) is 8.59. The van der Waals surface area contributed by atoms with E-state index in [2.05, 4.69) is 20.5 Å². The molecule has 0 aromatic heterocycles. The first-order valence-electron chi connectivity index (χ1n) is 2.26. The van der Waals surface area contributed by atoms with Gasteiger partial charge in [0.15, 0.2) is 0 Å². The molecule has 0 aliphatic carbocycles. The molecule has 0 aliphatic heterocycles. The van der Waals surface area contributed by atoms with Gasteiger partial charge >= 0.3 is 7.82 Å². The number of hydrogen-bond acceptors (Lipinski definition) is 2. The van der Waals surface area contributed by atoms with Crippen LogP contribution in [0.25, 0.3) is 0 Å². The van der Waals surface area contributed by atoms with E-state index in [4.69, 9.17) is 9.79 Å². The number of alkyl halides is 1. The van der Waals surface area contributed by atoms with Crippen LogP contribution in [0.15, 0.2) is 0 Å². The average molecular weight is 219 g/mol. The van der Waals surface area contributed by atoms with Gasteiger partial charge in [0, 0.05) is 4.83 Å². The Morgan fingerprint density at radius 2 is 2.22 bits per heavy atom. The monoisotopic (exact) mass is 218 g/mol. The first-order chi connectivity index (χ1) is 3.92. The zero-order valence-electron chi connectivity index (χ0n) is 4.82. The highest BCUT2D eigenvalue weighted by atomic mass is 79.9. The van der Waals surface area contributed by atoms with Crippen molar-refractivity contribution in [2.45, 2.75) is 11.8 Å². The fourth-order valence-electron chi connectivity index (χ4n) is 0.200. The first-order valence-corrected chi connectivity index (χ1v) is 4.70. The Kier molecular flexibility index (Phi) is 3.93. The van der Waals surface area contributed by atoms with Crippen LogP contribution in [0.5, 0.6) is 0 Å². The third-order valence-electron chi connectivity index (χ3n) is 0.472. The van der Waals surface area contributed by atoms with E-state index < -0.39 is 7.82 Å². The molecule has 2 N–H and O–H groups in total. The molecule has 0 aromatic carbocycles. The molecular weight excluding hydrogens is 211 g/mol. The number of rotatable bonds is 3. The van der Waals surface area contributed by atoms with Crippen LogP contribution in [0, 0.1) is 0 Å². The maximum atomic E-state index is 9.99. The summed E-state index contributed by atoms with van der Waals surface area (Å²) in [6, 6.07) is 0. The molecule has 0 amide bonds. The Labute approximate surface area is 61.6 Å². The van der Waals surface area contributed by atoms with Gasteiger partial charge in [-0.1, -0.05) is 22.9 Å². The van der Waals surface area contributed by atoms with Gasteiger partial charge in [-0.2, -0.15) is 0 Å². The van der Waals surface area contributed by atoms with Crippen LogP contribution < -0.4 is 0 Å². The normalized spacial score (nSPS) is 15.6. The molecule has 4 nitrogen and oxygen atoms in total. The van der Waals surface area contributed by atoms with Gasteiger partial charge < -0.3 is 9.79 Å². The minimum absolute atomic E-state index is 0.0181. The standard InChI is InChI=1S/C3H8BrO4P/c1-3(4)2-8-9(5,6)7/h3H,2H2,1H3,(H2,5,6,7). The van der Waals surface area contributed by atoms with Crippen LogP contribution in [0.2, 0.25) is 0 Å². The molecule has 1 unspecified atom stereocenters. The largest absolute Gasteiger partial charge is 0.469 e. The molecule has 1 atom stereocenters. The molecule has 0 aliphatic rings. The summed E-state index contributed by atoms with van der Waals surface area (Å²) in [4.78, 5) is 16.2. The highest BCUT2D eigenvalue weighted by Gasteiger charge is 2.13. The molecule has 0 rings (SSSR count). The zero-order chi connectivity index (χ0) is 7.49. The molecule has 0 fully saturated rings. The highest BCUT2D eigenvalue weighted by molar-refractivity contribution is 9.09. The van der Waals surface area contributed by atoms with Crippen molar-refractivity contribution in [3.63, 3.8) is 0 Å². The second-order valence-electron chi connectivity index (χ2n) is 1.57. The lowest BCUT2D eigenvalue weighted by atomic mass is 10.5. The first kappa shape index (κ1) is 9.59. The van der Waals surface area contributed by atoms with E-state index >= 15 is 0 Å². The van der Waals surface area contributed by atoms with Crippen molar-refractivity contribution >= 4 is 23.8 Å². The SMILES string of the molecule is CC(Br)COP(=O)(O)O. The van der Waals surface area contributed by atoms with Gasteiger partial charge in [-0.15, -0.1) is 0 Å². The molecule has 0 radical (unpaired) electrons. The van der Waals surface area contributed by atoms with E-state index in [1.165, 1.54) is 0 Å². The topological polar surface area (TPSA) is 66.8 Å². The average Bonchev–Trinajstić information content (AvgIpc) is 1.59. The Balaban J connectivity index is 3.40. The minimum Gasteiger partial charge on any atom is -0.303 e. The van der Waals surface area contributed by atoms with Crippen molar-refractivity contribution < 1.29 is 18.9 Å². The molecular formula is C3H8BrO4P. The van der Waals surface area contributed by atoms with Crippen LogP contribution in [-0.2, 0) is 9.09 Å². The summed E-state index contributed by atoms with van der Waals surface area (Å²) in [6.45, 7) is 1.75. The van der Waals surface area contributed by atoms with Crippen molar-refractivity contribution in [2.24, 2.45) is 0 Å². The number of hydrogen-bond donors (Lipinski definition) is 2. The van der Waals surface area contributed by atoms with Gasteiger partial charge in [-0.3, -0.25) is 4.52 Å². The van der Waals surface area contributed by atoms with E-state index in [1.807, 2.05) is 0 Å². The molecule has 9 heavy (non-hydrogen) atoms. The summed E-state index contributed by atoms with van der Waals surface area (Å²) < 4.78 is 14.1. The number of phosphoric acid groups is 1. The van der Waals surface area contributed by atoms with Crippen molar-refractivity contribution in [3.05, 3.63) is 0 Å². The molecule has 6 heteroatoms. The lowest BCUT2D eigenvalue weighted by Crippen LogP contribution is -2.01. The van der Waals surface area contributed by atoms with E-state index in [0.29, 0.717) is 0 Å². The van der Waals surface area contributed by atoms with Gasteiger partial charge in [-0.25, -0.2) is 4.57 Å². The lowest BCUT2D eigenvalue weighted by molar-refractivity contribution is 0.200. The van der Waals surface area contributed by atoms with E-state index in [0.717, 1.165) is 0 Å². The maximum absolute atomic E-state index is 9.99. The summed E-state index contributed by atoms with van der Waals surface area (Å²) in [5.74, 6) is 0. The summed E-state index contributed by atoms with van der Waals surface area (Å²) in [6.07, 6.45) is 0. The van der Waals surface area contributed by atoms with E-state index in [1.54, 1.807) is 6.92 Å². The smallest absolute Gasteiger partial charge is 0.303 e. The Hall–Kier alpha value is 0.590. The van der Waals surface area contributed by atoms with Gasteiger partial charge in [0.25, 0.3) is 0 Å². The van der Waals surface area contributed by atoms with Crippen molar-refractivity contribution in [1.29, 1.82) is 0 Å². The van der Waals surface area contributed by atoms with Crippen molar-refractivity contribution in [2.75, 3.05) is 6.61 Å². The predicted molar refractivity (Wildman–Crippen MR) is 36.4 cm³/mol. The van der Waals surface area contributed by atoms with Gasteiger partial charge in [-0.05, 0) is 0 Å². The van der Waals surface area contributed by atoms with E-state index in [9.17, 15) is 4.57 Å². The Bertz CT molecular complexity index is 119. The molecule has 0 bridgehead atoms. The fraction of sp³-hybridized carbons (Fsp3) is 1.00. The minimum atomic E-state index is -4.25. The van der Waals surface area contributed by atoms with Gasteiger partial charge in [0.05, 0.1) is 6.61 Å². The zero-order valence-corrected chi connectivity index (χ0v) is 7.30. The summed E-state index contributed by atoms with van der Waals surface area (Å²) >= 11 is 3.06. The second-order valence-corrected chi connectivity index (χ2v) is 4.37. The summed E-state index contributed by atoms with van der Waals surface area (Å²) in [5.41, 5.74) is 0. The fourth-order valence-corrected chi connectivity index (χ4v) is 0.954. The number of halogens is 1. The third-order valence-corrected chi connectivity index (χ3v) is 1.22. The lowest BCUT2D eigenvalue weighted by Gasteiger charge is -2.04.